The molecule has 29 heavy (non-hydrogen) atoms. The van der Waals surface area contributed by atoms with Gasteiger partial charge in [-0.05, 0) is 41.1 Å². The van der Waals surface area contributed by atoms with Crippen LogP contribution in [0.15, 0.2) is 72.8 Å². The van der Waals surface area contributed by atoms with Gasteiger partial charge in [-0.15, -0.1) is 0 Å². The number of benzene rings is 3. The van der Waals surface area contributed by atoms with Crippen LogP contribution in [0.25, 0.3) is 33.2 Å². The third kappa shape index (κ3) is 3.65. The fraction of sp³-hybridized carbons (Fsp3) is 0.222. The lowest BCUT2D eigenvalue weighted by molar-refractivity contribution is -0.665. The quantitative estimate of drug-likeness (QED) is 0.288. The average molecular weight is 398 g/mol. The van der Waals surface area contributed by atoms with Crippen molar-refractivity contribution < 1.29 is 5.94 Å². The third-order valence-electron chi connectivity index (χ3n) is 5.89. The Morgan fingerprint density at radius 3 is 2.24 bits per heavy atom. The molecule has 0 fully saturated rings. The molecule has 0 spiro atoms. The number of hydrogen-bond donors (Lipinski definition) is 0. The molecule has 4 rings (SSSR count). The van der Waals surface area contributed by atoms with E-state index >= 15 is 0 Å². The molecule has 1 nitrogen and oxygen atoms in total. The first-order chi connectivity index (χ1) is 14.2. The van der Waals surface area contributed by atoms with E-state index < -0.39 is 8.07 Å². The van der Waals surface area contributed by atoms with Gasteiger partial charge in [0.1, 0.15) is 7.05 Å². The average Bonchev–Trinajstić information content (AvgIpc) is 2.73. The Balaban J connectivity index is 2.04. The van der Waals surface area contributed by atoms with Gasteiger partial charge in [0.15, 0.2) is 5.69 Å². The van der Waals surface area contributed by atoms with Gasteiger partial charge in [-0.3, -0.25) is 0 Å². The highest BCUT2D eigenvalue weighted by atomic mass is 28.3. The number of rotatable bonds is 3. The van der Waals surface area contributed by atoms with Crippen LogP contribution in [-0.2, 0) is 7.05 Å². The minimum absolute atomic E-state index is 0.633. The lowest BCUT2D eigenvalue weighted by Crippen LogP contribution is -2.38. The van der Waals surface area contributed by atoms with Crippen LogP contribution in [-0.4, -0.2) is 8.07 Å². The first kappa shape index (κ1) is 18.3. The highest BCUT2D eigenvalue weighted by Crippen LogP contribution is 2.32. The summed E-state index contributed by atoms with van der Waals surface area (Å²) in [6.07, 6.45) is 0. The van der Waals surface area contributed by atoms with Crippen molar-refractivity contribution in [2.24, 2.45) is 7.05 Å². The van der Waals surface area contributed by atoms with Gasteiger partial charge in [-0.2, -0.15) is 4.57 Å². The van der Waals surface area contributed by atoms with E-state index in [1.807, 2.05) is 0 Å². The van der Waals surface area contributed by atoms with Gasteiger partial charge in [0, 0.05) is 13.0 Å². The molecule has 0 aliphatic rings. The molecule has 0 radical (unpaired) electrons. The SMILES string of the molecule is [2H]c1c(C)[n+](C)c(-c2cc(-c3ccccc3)ccc2C)c2ccc([Si](C)(C)C)cc12. The number of nitrogens with zero attached hydrogens (tertiary/aromatic N) is 1. The van der Waals surface area contributed by atoms with Gasteiger partial charge in [0.25, 0.3) is 0 Å². The molecule has 0 aliphatic heterocycles. The largest absolute Gasteiger partial charge is 0.220 e. The third-order valence-corrected chi connectivity index (χ3v) is 7.94. The number of fused-ring (bicyclic) bond motifs is 1. The second kappa shape index (κ2) is 7.27. The summed E-state index contributed by atoms with van der Waals surface area (Å²) in [7, 11) is 0.631. The molecule has 0 saturated heterocycles. The molecule has 0 atom stereocenters. The topological polar surface area (TPSA) is 3.88 Å². The predicted octanol–water partition coefficient (Wildman–Crippen LogP) is 6.16. The molecule has 146 valence electrons. The van der Waals surface area contributed by atoms with Crippen LogP contribution in [0.2, 0.25) is 19.6 Å². The van der Waals surface area contributed by atoms with E-state index in [0.29, 0.717) is 6.04 Å². The Labute approximate surface area is 177 Å². The van der Waals surface area contributed by atoms with Gasteiger partial charge in [-0.1, -0.05) is 79.4 Å². The number of hydrogen-bond acceptors (Lipinski definition) is 0. The van der Waals surface area contributed by atoms with Crippen LogP contribution < -0.4 is 9.75 Å². The van der Waals surface area contributed by atoms with Crippen molar-refractivity contribution >= 4 is 24.0 Å². The lowest BCUT2D eigenvalue weighted by Gasteiger charge is -2.18. The molecule has 3 aromatic carbocycles. The highest BCUT2D eigenvalue weighted by molar-refractivity contribution is 6.88. The van der Waals surface area contributed by atoms with Crippen molar-refractivity contribution in [2.75, 3.05) is 0 Å². The molecule has 0 N–H and O–H groups in total. The summed E-state index contributed by atoms with van der Waals surface area (Å²) in [5.74, 6) is 0. The molecular weight excluding hydrogens is 366 g/mol. The van der Waals surface area contributed by atoms with Crippen LogP contribution >= 0.6 is 0 Å². The maximum Gasteiger partial charge on any atom is 0.220 e. The second-order valence-corrected chi connectivity index (χ2v) is 14.1. The standard InChI is InChI=1S/C27H30NSi/c1-19-12-13-22(21-10-8-7-9-11-21)18-26(19)27-25-15-14-24(29(4,5)6)17-23(25)16-20(2)28(27)3/h7-18H,1-6H3/q+1/i16D. The zero-order valence-electron chi connectivity index (χ0n) is 19.3. The molecule has 1 heterocycles. The van der Waals surface area contributed by atoms with E-state index in [1.165, 1.54) is 33.1 Å². The Morgan fingerprint density at radius 1 is 0.828 bits per heavy atom. The van der Waals surface area contributed by atoms with Gasteiger partial charge in [-0.25, -0.2) is 0 Å². The molecule has 2 heteroatoms. The zero-order chi connectivity index (χ0) is 21.6. The summed E-state index contributed by atoms with van der Waals surface area (Å²) in [6.45, 7) is 11.3. The lowest BCUT2D eigenvalue weighted by atomic mass is 9.94. The normalized spacial score (nSPS) is 12.3. The summed E-state index contributed by atoms with van der Waals surface area (Å²) in [5, 5.41) is 3.62. The van der Waals surface area contributed by atoms with Gasteiger partial charge < -0.3 is 0 Å². The number of pyridine rings is 1. The van der Waals surface area contributed by atoms with Crippen LogP contribution in [0, 0.1) is 13.8 Å². The Morgan fingerprint density at radius 2 is 1.55 bits per heavy atom. The number of aromatic nitrogens is 1. The molecule has 0 aliphatic carbocycles. The Hall–Kier alpha value is -2.71. The van der Waals surface area contributed by atoms with E-state index in [0.717, 1.165) is 16.5 Å². The van der Waals surface area contributed by atoms with Crippen molar-refractivity contribution in [3.63, 3.8) is 0 Å². The molecule has 0 saturated carbocycles. The first-order valence-corrected chi connectivity index (χ1v) is 13.8. The molecule has 1 aromatic heterocycles. The summed E-state index contributed by atoms with van der Waals surface area (Å²) < 4.78 is 11.0. The molecule has 0 unspecified atom stereocenters. The van der Waals surface area contributed by atoms with Crippen molar-refractivity contribution in [1.82, 2.24) is 0 Å². The van der Waals surface area contributed by atoms with Crippen LogP contribution in [0.1, 0.15) is 12.6 Å². The minimum Gasteiger partial charge on any atom is -0.198 e. The predicted molar refractivity (Wildman–Crippen MR) is 128 cm³/mol. The zero-order valence-corrected chi connectivity index (χ0v) is 19.3. The Bertz CT molecular complexity index is 1250. The fourth-order valence-electron chi connectivity index (χ4n) is 3.96. The first-order valence-electron chi connectivity index (χ1n) is 10.8. The van der Waals surface area contributed by atoms with Crippen LogP contribution in [0.4, 0.5) is 0 Å². The summed E-state index contributed by atoms with van der Waals surface area (Å²) >= 11 is 0. The molecule has 0 amide bonds. The summed E-state index contributed by atoms with van der Waals surface area (Å²) in [4.78, 5) is 0. The van der Waals surface area contributed by atoms with E-state index in [-0.39, 0.29) is 0 Å². The van der Waals surface area contributed by atoms with Crippen LogP contribution in [0.5, 0.6) is 0 Å². The van der Waals surface area contributed by atoms with E-state index in [4.69, 9.17) is 1.37 Å². The van der Waals surface area contributed by atoms with Crippen molar-refractivity contribution in [3.8, 4) is 22.4 Å². The van der Waals surface area contributed by atoms with Gasteiger partial charge in [0.2, 0.25) is 5.69 Å². The van der Waals surface area contributed by atoms with Crippen LogP contribution in [0.3, 0.4) is 0 Å². The van der Waals surface area contributed by atoms with Crippen molar-refractivity contribution in [2.45, 2.75) is 33.5 Å². The molecular formula is C27H30NSi+. The van der Waals surface area contributed by atoms with E-state index in [2.05, 4.69) is 112 Å². The maximum atomic E-state index is 8.81. The van der Waals surface area contributed by atoms with E-state index in [9.17, 15) is 0 Å². The van der Waals surface area contributed by atoms with Gasteiger partial charge in [0.05, 0.1) is 20.4 Å². The van der Waals surface area contributed by atoms with Crippen molar-refractivity contribution in [1.29, 1.82) is 0 Å². The minimum atomic E-state index is -1.46. The fourth-order valence-corrected chi connectivity index (χ4v) is 5.12. The molecule has 0 bridgehead atoms. The van der Waals surface area contributed by atoms with E-state index in [1.54, 1.807) is 0 Å². The van der Waals surface area contributed by atoms with Gasteiger partial charge >= 0.3 is 0 Å². The smallest absolute Gasteiger partial charge is 0.198 e. The van der Waals surface area contributed by atoms with Crippen molar-refractivity contribution in [3.05, 3.63) is 84.0 Å². The summed E-state index contributed by atoms with van der Waals surface area (Å²) in [6, 6.07) is 24.7. The second-order valence-electron chi connectivity index (χ2n) is 9.02. The molecule has 4 aromatic rings. The monoisotopic (exact) mass is 397 g/mol. The highest BCUT2D eigenvalue weighted by Gasteiger charge is 2.22. The number of aryl methyl sites for hydroxylation is 1. The summed E-state index contributed by atoms with van der Waals surface area (Å²) in [5.41, 5.74) is 7.10. The Kier molecular flexibility index (Phi) is 4.60. The maximum absolute atomic E-state index is 8.81.